The zero-order valence-electron chi connectivity index (χ0n) is 16.9. The molecule has 0 spiro atoms. The summed E-state index contributed by atoms with van der Waals surface area (Å²) in [5, 5.41) is 14.9. The number of amides is 2. The van der Waals surface area contributed by atoms with Crippen molar-refractivity contribution in [1.82, 2.24) is 20.2 Å². The molecule has 2 heterocycles. The highest BCUT2D eigenvalue weighted by atomic mass is 32.2. The largest absolute Gasteiger partial charge is 0.322 e. The number of benzene rings is 2. The van der Waals surface area contributed by atoms with E-state index in [1.165, 1.54) is 11.8 Å². The smallest absolute Gasteiger partial charge is 0.250 e. The highest BCUT2D eigenvalue weighted by Gasteiger charge is 2.45. The van der Waals surface area contributed by atoms with Gasteiger partial charge in [0.05, 0.1) is 23.2 Å². The maximum atomic E-state index is 13.5. The molecule has 0 saturated carbocycles. The summed E-state index contributed by atoms with van der Waals surface area (Å²) in [7, 11) is 0. The second kappa shape index (κ2) is 7.91. The number of carbonyl (C=O) groups excluding carboxylic acids is 2. The van der Waals surface area contributed by atoms with Gasteiger partial charge in [-0.3, -0.25) is 14.5 Å². The van der Waals surface area contributed by atoms with Crippen molar-refractivity contribution >= 4 is 35.0 Å². The van der Waals surface area contributed by atoms with Gasteiger partial charge in [0.25, 0.3) is 0 Å². The third-order valence-electron chi connectivity index (χ3n) is 5.03. The van der Waals surface area contributed by atoms with E-state index in [4.69, 9.17) is 0 Å². The predicted octanol–water partition coefficient (Wildman–Crippen LogP) is 2.97. The van der Waals surface area contributed by atoms with Gasteiger partial charge in [0, 0.05) is 0 Å². The Morgan fingerprint density at radius 3 is 2.60 bits per heavy atom. The molecule has 0 saturated heterocycles. The number of hydrogen-bond acceptors (Lipinski definition) is 6. The van der Waals surface area contributed by atoms with Gasteiger partial charge in [-0.15, -0.1) is 5.10 Å². The monoisotopic (exact) mass is 422 g/mol. The van der Waals surface area contributed by atoms with Crippen LogP contribution in [-0.4, -0.2) is 42.8 Å². The van der Waals surface area contributed by atoms with Crippen LogP contribution in [0.2, 0.25) is 0 Å². The van der Waals surface area contributed by atoms with Gasteiger partial charge in [-0.2, -0.15) is 0 Å². The fraction of sp³-hybridized carbons (Fsp3) is 0.286. The van der Waals surface area contributed by atoms with E-state index < -0.39 is 10.8 Å². The summed E-state index contributed by atoms with van der Waals surface area (Å²) in [5.74, 6) is -0.401. The van der Waals surface area contributed by atoms with Gasteiger partial charge in [-0.1, -0.05) is 54.2 Å². The molecule has 9 heteroatoms. The lowest BCUT2D eigenvalue weighted by molar-refractivity contribution is -0.126. The van der Waals surface area contributed by atoms with Crippen LogP contribution in [-0.2, 0) is 16.1 Å². The maximum absolute atomic E-state index is 13.5. The van der Waals surface area contributed by atoms with E-state index in [1.54, 1.807) is 36.4 Å². The van der Waals surface area contributed by atoms with Crippen LogP contribution in [0, 0.1) is 0 Å². The van der Waals surface area contributed by atoms with Gasteiger partial charge in [-0.25, -0.2) is 4.68 Å². The lowest BCUT2D eigenvalue weighted by Gasteiger charge is -2.43. The SMILES string of the molecule is CC(Sc1nnnn1Cc1ccccc1)C(=O)N1c2ccccc2NC(=O)C1(C)C. The minimum absolute atomic E-state index is 0.179. The van der Waals surface area contributed by atoms with Gasteiger partial charge in [-0.05, 0) is 48.9 Å². The Bertz CT molecular complexity index is 1080. The standard InChI is InChI=1S/C21H22N6O2S/c1-14(30-20-23-24-25-26(20)13-15-9-5-4-6-10-15)18(28)27-17-12-8-7-11-16(17)22-19(29)21(27,2)3/h4-12,14H,13H2,1-3H3,(H,22,29). The summed E-state index contributed by atoms with van der Waals surface area (Å²) in [5.41, 5.74) is 1.36. The molecule has 4 rings (SSSR count). The summed E-state index contributed by atoms with van der Waals surface area (Å²) in [4.78, 5) is 27.7. The number of fused-ring (bicyclic) bond motifs is 1. The molecule has 0 aliphatic carbocycles. The van der Waals surface area contributed by atoms with E-state index in [-0.39, 0.29) is 11.8 Å². The number of rotatable bonds is 5. The first-order valence-electron chi connectivity index (χ1n) is 9.59. The summed E-state index contributed by atoms with van der Waals surface area (Å²) in [6.45, 7) is 5.80. The highest BCUT2D eigenvalue weighted by molar-refractivity contribution is 8.00. The topological polar surface area (TPSA) is 93.0 Å². The van der Waals surface area contributed by atoms with Crippen molar-refractivity contribution in [2.45, 2.75) is 43.3 Å². The molecule has 1 aliphatic heterocycles. The molecule has 1 N–H and O–H groups in total. The third kappa shape index (κ3) is 3.68. The van der Waals surface area contributed by atoms with Crippen LogP contribution in [0.25, 0.3) is 0 Å². The number of nitrogens with one attached hydrogen (secondary N) is 1. The molecule has 3 aromatic rings. The third-order valence-corrected chi connectivity index (χ3v) is 6.09. The Hall–Kier alpha value is -3.20. The Kier molecular flexibility index (Phi) is 5.29. The minimum Gasteiger partial charge on any atom is -0.322 e. The second-order valence-electron chi connectivity index (χ2n) is 7.57. The van der Waals surface area contributed by atoms with E-state index >= 15 is 0 Å². The number of hydrogen-bond donors (Lipinski definition) is 1. The molecular weight excluding hydrogens is 400 g/mol. The maximum Gasteiger partial charge on any atom is 0.250 e. The van der Waals surface area contributed by atoms with Gasteiger partial charge in [0.15, 0.2) is 0 Å². The molecule has 8 nitrogen and oxygen atoms in total. The van der Waals surface area contributed by atoms with Crippen molar-refractivity contribution in [2.75, 3.05) is 10.2 Å². The van der Waals surface area contributed by atoms with Crippen molar-refractivity contribution in [3.05, 3.63) is 60.2 Å². The molecule has 30 heavy (non-hydrogen) atoms. The zero-order chi connectivity index (χ0) is 21.3. The van der Waals surface area contributed by atoms with Gasteiger partial charge < -0.3 is 5.32 Å². The van der Waals surface area contributed by atoms with Crippen LogP contribution in [0.3, 0.4) is 0 Å². The molecule has 1 unspecified atom stereocenters. The summed E-state index contributed by atoms with van der Waals surface area (Å²) in [6, 6.07) is 17.2. The van der Waals surface area contributed by atoms with Crippen LogP contribution in [0.5, 0.6) is 0 Å². The zero-order valence-corrected chi connectivity index (χ0v) is 17.8. The van der Waals surface area contributed by atoms with Gasteiger partial charge in [0.2, 0.25) is 17.0 Å². The van der Waals surface area contributed by atoms with Gasteiger partial charge >= 0.3 is 0 Å². The molecule has 2 aromatic carbocycles. The molecule has 0 bridgehead atoms. The van der Waals surface area contributed by atoms with Gasteiger partial charge in [0.1, 0.15) is 5.54 Å². The molecule has 0 radical (unpaired) electrons. The number of thioether (sulfide) groups is 1. The second-order valence-corrected chi connectivity index (χ2v) is 8.88. The van der Waals surface area contributed by atoms with Crippen molar-refractivity contribution in [3.63, 3.8) is 0 Å². The molecular formula is C21H22N6O2S. The van der Waals surface area contributed by atoms with E-state index in [9.17, 15) is 9.59 Å². The Labute approximate surface area is 178 Å². The molecule has 154 valence electrons. The highest BCUT2D eigenvalue weighted by Crippen LogP contribution is 2.38. The van der Waals surface area contributed by atoms with Crippen LogP contribution < -0.4 is 10.2 Å². The average molecular weight is 423 g/mol. The first kappa shape index (κ1) is 20.1. The average Bonchev–Trinajstić information content (AvgIpc) is 3.15. The van der Waals surface area contributed by atoms with Crippen molar-refractivity contribution < 1.29 is 9.59 Å². The molecule has 1 aliphatic rings. The quantitative estimate of drug-likeness (QED) is 0.636. The number of carbonyl (C=O) groups is 2. The summed E-state index contributed by atoms with van der Waals surface area (Å²) >= 11 is 1.28. The Morgan fingerprint density at radius 1 is 1.13 bits per heavy atom. The van der Waals surface area contributed by atoms with Crippen LogP contribution in [0.1, 0.15) is 26.3 Å². The molecule has 0 fully saturated rings. The molecule has 2 amide bonds. The lowest BCUT2D eigenvalue weighted by Crippen LogP contribution is -2.60. The number of tetrazole rings is 1. The normalized spacial score (nSPS) is 16.0. The van der Waals surface area contributed by atoms with E-state index in [0.29, 0.717) is 23.1 Å². The van der Waals surface area contributed by atoms with Crippen LogP contribution >= 0.6 is 11.8 Å². The van der Waals surface area contributed by atoms with Crippen molar-refractivity contribution in [1.29, 1.82) is 0 Å². The Balaban J connectivity index is 1.58. The summed E-state index contributed by atoms with van der Waals surface area (Å²) < 4.78 is 1.67. The van der Waals surface area contributed by atoms with Crippen molar-refractivity contribution in [3.8, 4) is 0 Å². The lowest BCUT2D eigenvalue weighted by atomic mass is 9.96. The summed E-state index contributed by atoms with van der Waals surface area (Å²) in [6.07, 6.45) is 0. The van der Waals surface area contributed by atoms with E-state index in [1.807, 2.05) is 48.5 Å². The molecule has 1 aromatic heterocycles. The first-order valence-corrected chi connectivity index (χ1v) is 10.5. The fourth-order valence-corrected chi connectivity index (χ4v) is 4.20. The first-order chi connectivity index (χ1) is 14.4. The Morgan fingerprint density at radius 2 is 1.83 bits per heavy atom. The predicted molar refractivity (Wildman–Crippen MR) is 115 cm³/mol. The van der Waals surface area contributed by atoms with E-state index in [2.05, 4.69) is 20.8 Å². The number of anilines is 2. The number of nitrogens with zero attached hydrogens (tertiary/aromatic N) is 5. The fourth-order valence-electron chi connectivity index (χ4n) is 3.37. The van der Waals surface area contributed by atoms with Crippen molar-refractivity contribution in [2.24, 2.45) is 0 Å². The number of aromatic nitrogens is 4. The number of para-hydroxylation sites is 2. The minimum atomic E-state index is -1.02. The van der Waals surface area contributed by atoms with Crippen LogP contribution in [0.15, 0.2) is 59.8 Å². The van der Waals surface area contributed by atoms with Crippen LogP contribution in [0.4, 0.5) is 11.4 Å². The molecule has 1 atom stereocenters. The van der Waals surface area contributed by atoms with E-state index in [0.717, 1.165) is 5.56 Å².